The summed E-state index contributed by atoms with van der Waals surface area (Å²) in [6.07, 6.45) is 2.35. The molecule has 2 aliphatic rings. The molecule has 1 saturated heterocycles. The maximum Gasteiger partial charge on any atom is 0.175 e. The van der Waals surface area contributed by atoms with Gasteiger partial charge in [-0.05, 0) is 51.1 Å². The molecule has 1 atom stereocenters. The van der Waals surface area contributed by atoms with Crippen LogP contribution in [-0.4, -0.2) is 66.5 Å². The number of piperidine rings is 1. The van der Waals surface area contributed by atoms with E-state index in [0.29, 0.717) is 22.9 Å². The predicted molar refractivity (Wildman–Crippen MR) is 105 cm³/mol. The van der Waals surface area contributed by atoms with Gasteiger partial charge in [0.1, 0.15) is 11.6 Å². The van der Waals surface area contributed by atoms with Crippen molar-refractivity contribution >= 4 is 11.5 Å². The Balaban J connectivity index is 1.73. The van der Waals surface area contributed by atoms with Crippen molar-refractivity contribution in [1.82, 2.24) is 15.1 Å². The van der Waals surface area contributed by atoms with Crippen LogP contribution in [-0.2, 0) is 0 Å². The van der Waals surface area contributed by atoms with E-state index >= 15 is 0 Å². The molecule has 3 heterocycles. The first-order chi connectivity index (χ1) is 12.9. The number of likely N-dealkylation sites (N-methyl/N-ethyl adjacent to an activating group) is 2. The van der Waals surface area contributed by atoms with Crippen molar-refractivity contribution in [3.8, 4) is 17.0 Å². The van der Waals surface area contributed by atoms with Crippen molar-refractivity contribution in [3.63, 3.8) is 0 Å². The summed E-state index contributed by atoms with van der Waals surface area (Å²) in [6.45, 7) is 5.78. The molecule has 1 aromatic heterocycles. The molecular weight excluding hydrogens is 345 g/mol. The lowest BCUT2D eigenvalue weighted by atomic mass is 10.0. The van der Waals surface area contributed by atoms with Gasteiger partial charge in [0.25, 0.3) is 0 Å². The number of hydrogen-bond donors (Lipinski definition) is 1. The van der Waals surface area contributed by atoms with Gasteiger partial charge in [-0.15, -0.1) is 10.2 Å². The highest BCUT2D eigenvalue weighted by molar-refractivity contribution is 5.78. The minimum atomic E-state index is -0.454. The molecule has 2 aromatic rings. The summed E-state index contributed by atoms with van der Waals surface area (Å²) in [5, 5.41) is 19.2. The zero-order valence-corrected chi connectivity index (χ0v) is 16.1. The molecule has 0 saturated carbocycles. The van der Waals surface area contributed by atoms with Gasteiger partial charge in [-0.25, -0.2) is 4.39 Å². The van der Waals surface area contributed by atoms with Crippen molar-refractivity contribution in [3.05, 3.63) is 29.6 Å². The summed E-state index contributed by atoms with van der Waals surface area (Å²) in [6, 6.07) is 4.93. The van der Waals surface area contributed by atoms with E-state index in [0.717, 1.165) is 50.2 Å². The number of hydrogen-bond acceptors (Lipinski definition) is 6. The molecule has 2 aliphatic heterocycles. The highest BCUT2D eigenvalue weighted by Crippen LogP contribution is 2.38. The Morgan fingerprint density at radius 3 is 2.67 bits per heavy atom. The van der Waals surface area contributed by atoms with Crippen LogP contribution < -0.4 is 9.80 Å². The van der Waals surface area contributed by atoms with Gasteiger partial charge in [0.15, 0.2) is 5.82 Å². The van der Waals surface area contributed by atoms with Gasteiger partial charge < -0.3 is 19.8 Å². The molecule has 0 aliphatic carbocycles. The second-order valence-corrected chi connectivity index (χ2v) is 7.73. The Hall–Kier alpha value is -2.41. The Morgan fingerprint density at radius 2 is 1.93 bits per heavy atom. The SMILES string of the molecule is Cc1cc(F)cc(O)c1-c1cc2c(nn1)N(C1CCCN(C)C1)CCN2C. The summed E-state index contributed by atoms with van der Waals surface area (Å²) in [4.78, 5) is 6.92. The maximum absolute atomic E-state index is 13.5. The number of aryl methyl sites for hydroxylation is 1. The molecule has 0 spiro atoms. The Bertz CT molecular complexity index is 835. The molecule has 0 radical (unpaired) electrons. The molecule has 0 amide bonds. The fourth-order valence-electron chi connectivity index (χ4n) is 4.27. The first-order valence-corrected chi connectivity index (χ1v) is 9.47. The van der Waals surface area contributed by atoms with Crippen molar-refractivity contribution < 1.29 is 9.50 Å². The van der Waals surface area contributed by atoms with Crippen LogP contribution in [0.4, 0.5) is 15.9 Å². The zero-order chi connectivity index (χ0) is 19.1. The second kappa shape index (κ2) is 6.96. The molecule has 1 fully saturated rings. The van der Waals surface area contributed by atoms with E-state index in [4.69, 9.17) is 0 Å². The number of halogens is 1. The Morgan fingerprint density at radius 1 is 1.11 bits per heavy atom. The van der Waals surface area contributed by atoms with Crippen LogP contribution in [0.15, 0.2) is 18.2 Å². The van der Waals surface area contributed by atoms with Gasteiger partial charge in [0, 0.05) is 44.4 Å². The summed E-state index contributed by atoms with van der Waals surface area (Å²) in [7, 11) is 4.21. The minimum absolute atomic E-state index is 0.106. The smallest absolute Gasteiger partial charge is 0.175 e. The summed E-state index contributed by atoms with van der Waals surface area (Å²) in [5.41, 5.74) is 2.75. The Labute approximate surface area is 159 Å². The average molecular weight is 371 g/mol. The number of aromatic nitrogens is 2. The lowest BCUT2D eigenvalue weighted by Crippen LogP contribution is -2.51. The predicted octanol–water partition coefficient (Wildman–Crippen LogP) is 2.65. The highest BCUT2D eigenvalue weighted by atomic mass is 19.1. The van der Waals surface area contributed by atoms with E-state index < -0.39 is 5.82 Å². The summed E-state index contributed by atoms with van der Waals surface area (Å²) in [5.74, 6) is 0.336. The third kappa shape index (κ3) is 3.32. The van der Waals surface area contributed by atoms with E-state index in [2.05, 4.69) is 31.9 Å². The van der Waals surface area contributed by atoms with Crippen molar-refractivity contribution in [2.24, 2.45) is 0 Å². The highest BCUT2D eigenvalue weighted by Gasteiger charge is 2.31. The van der Waals surface area contributed by atoms with Crippen LogP contribution >= 0.6 is 0 Å². The average Bonchev–Trinajstić information content (AvgIpc) is 2.61. The molecule has 27 heavy (non-hydrogen) atoms. The molecule has 1 aromatic carbocycles. The molecule has 7 heteroatoms. The van der Waals surface area contributed by atoms with Crippen LogP contribution in [0.3, 0.4) is 0 Å². The normalized spacial score (nSPS) is 20.7. The number of phenolic OH excluding ortho intramolecular Hbond substituents is 1. The molecular formula is C20H26FN5O. The molecule has 4 rings (SSSR count). The van der Waals surface area contributed by atoms with Crippen molar-refractivity contribution in [2.75, 3.05) is 50.1 Å². The molecule has 1 N–H and O–H groups in total. The number of anilines is 2. The van der Waals surface area contributed by atoms with Crippen LogP contribution in [0.2, 0.25) is 0 Å². The van der Waals surface area contributed by atoms with Gasteiger partial charge in [0.2, 0.25) is 0 Å². The van der Waals surface area contributed by atoms with Crippen LogP contribution in [0, 0.1) is 12.7 Å². The Kier molecular flexibility index (Phi) is 4.63. The van der Waals surface area contributed by atoms with Crippen LogP contribution in [0.1, 0.15) is 18.4 Å². The first-order valence-electron chi connectivity index (χ1n) is 9.47. The number of rotatable bonds is 2. The lowest BCUT2D eigenvalue weighted by molar-refractivity contribution is 0.243. The van der Waals surface area contributed by atoms with Crippen molar-refractivity contribution in [1.29, 1.82) is 0 Å². The van der Waals surface area contributed by atoms with Gasteiger partial charge >= 0.3 is 0 Å². The number of nitrogens with zero attached hydrogens (tertiary/aromatic N) is 5. The number of fused-ring (bicyclic) bond motifs is 1. The first kappa shape index (κ1) is 18.0. The van der Waals surface area contributed by atoms with E-state index in [9.17, 15) is 9.50 Å². The molecule has 6 nitrogen and oxygen atoms in total. The number of benzene rings is 1. The lowest BCUT2D eigenvalue weighted by Gasteiger charge is -2.43. The van der Waals surface area contributed by atoms with Gasteiger partial charge in [-0.3, -0.25) is 0 Å². The number of likely N-dealkylation sites (tertiary alicyclic amines) is 1. The number of phenols is 1. The molecule has 1 unspecified atom stereocenters. The van der Waals surface area contributed by atoms with Gasteiger partial charge in [-0.1, -0.05) is 0 Å². The molecule has 0 bridgehead atoms. The van der Waals surface area contributed by atoms with E-state index in [1.165, 1.54) is 12.5 Å². The topological polar surface area (TPSA) is 55.7 Å². The largest absolute Gasteiger partial charge is 0.507 e. The molecule has 144 valence electrons. The third-order valence-electron chi connectivity index (χ3n) is 5.69. The monoisotopic (exact) mass is 371 g/mol. The van der Waals surface area contributed by atoms with Crippen LogP contribution in [0.25, 0.3) is 11.3 Å². The third-order valence-corrected chi connectivity index (χ3v) is 5.69. The maximum atomic E-state index is 13.5. The minimum Gasteiger partial charge on any atom is -0.507 e. The quantitative estimate of drug-likeness (QED) is 0.876. The van der Waals surface area contributed by atoms with Gasteiger partial charge in [-0.2, -0.15) is 0 Å². The number of aromatic hydroxyl groups is 1. The standard InChI is InChI=1S/C20H26FN5O/c1-13-9-14(21)10-18(27)19(13)16-11-17-20(23-22-16)26(8-7-25(17)3)15-5-4-6-24(2)12-15/h9-11,15,27H,4-8,12H2,1-3H3. The fourth-order valence-corrected chi connectivity index (χ4v) is 4.27. The van der Waals surface area contributed by atoms with E-state index in [1.54, 1.807) is 6.92 Å². The van der Waals surface area contributed by atoms with Crippen molar-refractivity contribution in [2.45, 2.75) is 25.8 Å². The van der Waals surface area contributed by atoms with E-state index in [-0.39, 0.29) is 5.75 Å². The van der Waals surface area contributed by atoms with Gasteiger partial charge in [0.05, 0.1) is 11.4 Å². The fraction of sp³-hybridized carbons (Fsp3) is 0.500. The second-order valence-electron chi connectivity index (χ2n) is 7.73. The summed E-state index contributed by atoms with van der Waals surface area (Å²) < 4.78 is 13.5. The summed E-state index contributed by atoms with van der Waals surface area (Å²) >= 11 is 0. The zero-order valence-electron chi connectivity index (χ0n) is 16.1. The van der Waals surface area contributed by atoms with Crippen LogP contribution in [0.5, 0.6) is 5.75 Å². The van der Waals surface area contributed by atoms with E-state index in [1.807, 2.05) is 13.1 Å².